The second-order valence-electron chi connectivity index (χ2n) is 6.07. The summed E-state index contributed by atoms with van der Waals surface area (Å²) in [4.78, 5) is 11.6. The van der Waals surface area contributed by atoms with E-state index in [0.29, 0.717) is 24.3 Å². The van der Waals surface area contributed by atoms with E-state index in [2.05, 4.69) is 10.6 Å². The molecule has 0 aliphatic carbocycles. The van der Waals surface area contributed by atoms with Crippen molar-refractivity contribution in [2.24, 2.45) is 0 Å². The molecule has 2 aromatic carbocycles. The Morgan fingerprint density at radius 2 is 2.00 bits per heavy atom. The predicted molar refractivity (Wildman–Crippen MR) is 107 cm³/mol. The normalized spacial score (nSPS) is 10.8. The van der Waals surface area contributed by atoms with Gasteiger partial charge in [-0.1, -0.05) is 6.07 Å². The summed E-state index contributed by atoms with van der Waals surface area (Å²) < 4.78 is 21.9. The second-order valence-corrected chi connectivity index (χ2v) is 6.07. The van der Waals surface area contributed by atoms with Crippen molar-refractivity contribution in [1.82, 2.24) is 9.88 Å². The molecule has 6 nitrogen and oxygen atoms in total. The first kappa shape index (κ1) is 18.6. The van der Waals surface area contributed by atoms with Crippen LogP contribution >= 0.6 is 0 Å². The fourth-order valence-corrected chi connectivity index (χ4v) is 3.21. The SMILES string of the molecule is CCNC(=O)Nc1ccc(-c2c(N)c3ccc(OC)cc3n2CC)cc1F. The highest BCUT2D eigenvalue weighted by molar-refractivity contribution is 6.01. The third kappa shape index (κ3) is 3.40. The minimum Gasteiger partial charge on any atom is -0.497 e. The number of hydrogen-bond donors (Lipinski definition) is 3. The number of nitrogen functional groups attached to an aromatic ring is 1. The molecule has 1 aromatic heterocycles. The van der Waals surface area contributed by atoms with Gasteiger partial charge in [-0.2, -0.15) is 0 Å². The number of halogens is 1. The van der Waals surface area contributed by atoms with Crippen LogP contribution in [-0.4, -0.2) is 24.3 Å². The number of nitrogens with zero attached hydrogens (tertiary/aromatic N) is 1. The number of ether oxygens (including phenoxy) is 1. The number of nitrogens with two attached hydrogens (primary N) is 1. The first-order chi connectivity index (χ1) is 13.0. The average molecular weight is 370 g/mol. The van der Waals surface area contributed by atoms with Crippen molar-refractivity contribution in [2.45, 2.75) is 20.4 Å². The maximum Gasteiger partial charge on any atom is 0.319 e. The summed E-state index contributed by atoms with van der Waals surface area (Å²) in [6, 6.07) is 9.90. The van der Waals surface area contributed by atoms with Crippen molar-refractivity contribution in [3.8, 4) is 17.0 Å². The fraction of sp³-hybridized carbons (Fsp3) is 0.250. The average Bonchev–Trinajstić information content (AvgIpc) is 2.94. The van der Waals surface area contributed by atoms with Crippen LogP contribution in [-0.2, 0) is 6.54 Å². The van der Waals surface area contributed by atoms with E-state index in [0.717, 1.165) is 22.3 Å². The Balaban J connectivity index is 2.08. The Bertz CT molecular complexity index is 997. The molecule has 0 unspecified atom stereocenters. The Morgan fingerprint density at radius 3 is 2.63 bits per heavy atom. The molecule has 0 fully saturated rings. The molecule has 3 aromatic rings. The number of aryl methyl sites for hydroxylation is 1. The van der Waals surface area contributed by atoms with Crippen LogP contribution in [0.5, 0.6) is 5.75 Å². The molecular weight excluding hydrogens is 347 g/mol. The summed E-state index contributed by atoms with van der Waals surface area (Å²) >= 11 is 0. The van der Waals surface area contributed by atoms with Crippen molar-refractivity contribution in [3.63, 3.8) is 0 Å². The molecule has 27 heavy (non-hydrogen) atoms. The van der Waals surface area contributed by atoms with Gasteiger partial charge in [-0.15, -0.1) is 0 Å². The highest BCUT2D eigenvalue weighted by Gasteiger charge is 2.18. The third-order valence-electron chi connectivity index (χ3n) is 4.46. The molecule has 3 rings (SSSR count). The van der Waals surface area contributed by atoms with Gasteiger partial charge in [0.2, 0.25) is 0 Å². The highest BCUT2D eigenvalue weighted by atomic mass is 19.1. The summed E-state index contributed by atoms with van der Waals surface area (Å²) in [5.74, 6) is 0.206. The zero-order valence-electron chi connectivity index (χ0n) is 15.6. The molecule has 0 saturated heterocycles. The van der Waals surface area contributed by atoms with Crippen molar-refractivity contribution in [3.05, 3.63) is 42.2 Å². The minimum absolute atomic E-state index is 0.115. The molecule has 0 aliphatic heterocycles. The number of anilines is 2. The number of methoxy groups -OCH3 is 1. The number of carbonyl (C=O) groups is 1. The van der Waals surface area contributed by atoms with E-state index in [1.807, 2.05) is 29.7 Å². The van der Waals surface area contributed by atoms with E-state index < -0.39 is 11.8 Å². The van der Waals surface area contributed by atoms with Gasteiger partial charge in [-0.05, 0) is 38.1 Å². The molecule has 1 heterocycles. The van der Waals surface area contributed by atoms with Gasteiger partial charge in [0.15, 0.2) is 0 Å². The molecule has 0 atom stereocenters. The predicted octanol–water partition coefficient (Wildman–Crippen LogP) is 4.20. The lowest BCUT2D eigenvalue weighted by atomic mass is 10.1. The molecule has 0 aliphatic rings. The fourth-order valence-electron chi connectivity index (χ4n) is 3.21. The van der Waals surface area contributed by atoms with Crippen molar-refractivity contribution >= 4 is 28.3 Å². The van der Waals surface area contributed by atoms with Gasteiger partial charge < -0.3 is 25.7 Å². The molecule has 0 radical (unpaired) electrons. The number of amides is 2. The molecule has 0 spiro atoms. The lowest BCUT2D eigenvalue weighted by Crippen LogP contribution is -2.28. The van der Waals surface area contributed by atoms with E-state index in [1.54, 1.807) is 20.1 Å². The Labute approximate surface area is 157 Å². The molecule has 4 N–H and O–H groups in total. The third-order valence-corrected chi connectivity index (χ3v) is 4.46. The number of nitrogens with one attached hydrogen (secondary N) is 2. The Morgan fingerprint density at radius 1 is 1.22 bits per heavy atom. The lowest BCUT2D eigenvalue weighted by molar-refractivity contribution is 0.252. The topological polar surface area (TPSA) is 81.3 Å². The summed E-state index contributed by atoms with van der Waals surface area (Å²) in [6.45, 7) is 4.92. The van der Waals surface area contributed by atoms with Gasteiger partial charge in [0.05, 0.1) is 29.7 Å². The number of aromatic nitrogens is 1. The van der Waals surface area contributed by atoms with Crippen LogP contribution in [0.15, 0.2) is 36.4 Å². The molecule has 7 heteroatoms. The van der Waals surface area contributed by atoms with Crippen LogP contribution < -0.4 is 21.1 Å². The number of fused-ring (bicyclic) bond motifs is 1. The molecular formula is C20H23FN4O2. The van der Waals surface area contributed by atoms with Crippen LogP contribution in [0.3, 0.4) is 0 Å². The van der Waals surface area contributed by atoms with Crippen LogP contribution in [0, 0.1) is 5.82 Å². The molecule has 0 bridgehead atoms. The number of carbonyl (C=O) groups excluding carboxylic acids is 1. The van der Waals surface area contributed by atoms with E-state index in [4.69, 9.17) is 10.5 Å². The summed E-state index contributed by atoms with van der Waals surface area (Å²) in [7, 11) is 1.61. The summed E-state index contributed by atoms with van der Waals surface area (Å²) in [5, 5.41) is 5.95. The summed E-state index contributed by atoms with van der Waals surface area (Å²) in [6.07, 6.45) is 0. The standard InChI is InChI=1S/C20H23FN4O2/c1-4-23-20(26)24-16-9-6-12(10-15(16)21)19-18(22)14-8-7-13(27-3)11-17(14)25(19)5-2/h6-11H,4-5,22H2,1-3H3,(H2,23,24,26). The molecule has 0 saturated carbocycles. The van der Waals surface area contributed by atoms with E-state index in [-0.39, 0.29) is 5.69 Å². The number of benzene rings is 2. The molecule has 2 amide bonds. The maximum absolute atomic E-state index is 14.6. The summed E-state index contributed by atoms with van der Waals surface area (Å²) in [5.41, 5.74) is 9.39. The van der Waals surface area contributed by atoms with Gasteiger partial charge in [0.1, 0.15) is 11.6 Å². The second kappa shape index (κ2) is 7.57. The van der Waals surface area contributed by atoms with Gasteiger partial charge in [-0.25, -0.2) is 9.18 Å². The zero-order valence-corrected chi connectivity index (χ0v) is 15.6. The van der Waals surface area contributed by atoms with Crippen molar-refractivity contribution in [2.75, 3.05) is 24.7 Å². The van der Waals surface area contributed by atoms with Gasteiger partial charge in [-0.3, -0.25) is 0 Å². The first-order valence-corrected chi connectivity index (χ1v) is 8.80. The number of urea groups is 1. The zero-order chi connectivity index (χ0) is 19.6. The Hall–Kier alpha value is -3.22. The monoisotopic (exact) mass is 370 g/mol. The largest absolute Gasteiger partial charge is 0.497 e. The van der Waals surface area contributed by atoms with Gasteiger partial charge in [0.25, 0.3) is 0 Å². The van der Waals surface area contributed by atoms with Crippen molar-refractivity contribution in [1.29, 1.82) is 0 Å². The smallest absolute Gasteiger partial charge is 0.319 e. The maximum atomic E-state index is 14.6. The van der Waals surface area contributed by atoms with Crippen LogP contribution in [0.4, 0.5) is 20.6 Å². The van der Waals surface area contributed by atoms with Gasteiger partial charge in [0, 0.05) is 30.1 Å². The number of hydrogen-bond acceptors (Lipinski definition) is 3. The van der Waals surface area contributed by atoms with Gasteiger partial charge >= 0.3 is 6.03 Å². The van der Waals surface area contributed by atoms with Crippen LogP contribution in [0.1, 0.15) is 13.8 Å². The molecule has 142 valence electrons. The number of rotatable bonds is 5. The quantitative estimate of drug-likeness (QED) is 0.630. The van der Waals surface area contributed by atoms with E-state index in [9.17, 15) is 9.18 Å². The van der Waals surface area contributed by atoms with E-state index in [1.165, 1.54) is 12.1 Å². The highest BCUT2D eigenvalue weighted by Crippen LogP contribution is 2.38. The minimum atomic E-state index is -0.524. The van der Waals surface area contributed by atoms with Crippen molar-refractivity contribution < 1.29 is 13.9 Å². The first-order valence-electron chi connectivity index (χ1n) is 8.80. The van der Waals surface area contributed by atoms with E-state index >= 15 is 0 Å². The Kier molecular flexibility index (Phi) is 5.21. The van der Waals surface area contributed by atoms with Crippen LogP contribution in [0.2, 0.25) is 0 Å². The van der Waals surface area contributed by atoms with Crippen LogP contribution in [0.25, 0.3) is 22.2 Å². The lowest BCUT2D eigenvalue weighted by Gasteiger charge is -2.12.